The number of hydrogen-bond acceptors (Lipinski definition) is 19. The van der Waals surface area contributed by atoms with Crippen LogP contribution in [0.15, 0.2) is 5.16 Å². The number of esters is 1. The third-order valence-corrected chi connectivity index (χ3v) is 17.8. The van der Waals surface area contributed by atoms with E-state index < -0.39 is 117 Å². The van der Waals surface area contributed by atoms with Gasteiger partial charge in [0.05, 0.1) is 53.9 Å². The Kier molecular flexibility index (Phi) is 22.3. The normalized spacial score (nSPS) is 40.8. The van der Waals surface area contributed by atoms with Crippen molar-refractivity contribution in [3.8, 4) is 0 Å². The first-order valence-electron chi connectivity index (χ1n) is 26.8. The van der Waals surface area contributed by atoms with Gasteiger partial charge in [-0.1, -0.05) is 32.9 Å². The molecule has 4 aliphatic rings. The smallest absolute Gasteiger partial charge is 0.410 e. The molecule has 4 fully saturated rings. The second-order valence-corrected chi connectivity index (χ2v) is 25.3. The molecule has 74 heavy (non-hydrogen) atoms. The molecule has 4 N–H and O–H groups in total. The molecule has 4 heterocycles. The third kappa shape index (κ3) is 14.1. The average Bonchev–Trinajstić information content (AvgIpc) is 3.56. The molecule has 0 aromatic heterocycles. The van der Waals surface area contributed by atoms with E-state index in [2.05, 4.69) is 47.4 Å². The lowest BCUT2D eigenvalue weighted by Gasteiger charge is -2.54. The van der Waals surface area contributed by atoms with Gasteiger partial charge < -0.3 is 63.1 Å². The summed E-state index contributed by atoms with van der Waals surface area (Å²) in [5, 5.41) is 39.6. The fourth-order valence-corrected chi connectivity index (χ4v) is 13.1. The van der Waals surface area contributed by atoms with E-state index in [9.17, 15) is 28.6 Å². The highest BCUT2D eigenvalue weighted by atomic mass is 32.2. The Labute approximate surface area is 443 Å². The van der Waals surface area contributed by atoms with Gasteiger partial charge in [-0.3, -0.25) is 14.6 Å². The number of aliphatic hydroxyl groups is 2. The molecule has 0 saturated carbocycles. The average molecular weight is 1080 g/mol. The third-order valence-electron chi connectivity index (χ3n) is 17.0. The molecule has 4 rings (SSSR count). The van der Waals surface area contributed by atoms with Crippen LogP contribution in [-0.2, 0) is 52.7 Å². The van der Waals surface area contributed by atoms with E-state index in [1.807, 2.05) is 60.7 Å². The summed E-state index contributed by atoms with van der Waals surface area (Å²) < 4.78 is 79.6. The number of cyclic esters (lactones) is 1. The van der Waals surface area contributed by atoms with Crippen molar-refractivity contribution >= 4 is 27.8 Å². The minimum Gasteiger partial charge on any atom is -0.458 e. The van der Waals surface area contributed by atoms with Crippen LogP contribution >= 0.6 is 0 Å². The van der Waals surface area contributed by atoms with Crippen LogP contribution in [0.3, 0.4) is 0 Å². The number of sulfonamides is 1. The van der Waals surface area contributed by atoms with Crippen molar-refractivity contribution in [1.82, 2.24) is 24.3 Å². The second kappa shape index (κ2) is 25.6. The lowest BCUT2D eigenvalue weighted by Crippen LogP contribution is -2.70. The fourth-order valence-electron chi connectivity index (χ4n) is 12.7. The Morgan fingerprint density at radius 2 is 1.54 bits per heavy atom. The predicted molar refractivity (Wildman–Crippen MR) is 280 cm³/mol. The summed E-state index contributed by atoms with van der Waals surface area (Å²) in [5.41, 5.74) is -5.33. The fraction of sp³-hybridized carbons (Fsp3) is 0.942. The number of oxime groups is 1. The van der Waals surface area contributed by atoms with Crippen LogP contribution in [0.25, 0.3) is 0 Å². The van der Waals surface area contributed by atoms with Gasteiger partial charge in [-0.25, -0.2) is 17.9 Å². The first-order chi connectivity index (χ1) is 34.2. The molecule has 0 spiro atoms. The zero-order valence-electron chi connectivity index (χ0n) is 48.5. The molecular weight excluding hydrogens is 981 g/mol. The monoisotopic (exact) mass is 1080 g/mol. The van der Waals surface area contributed by atoms with Crippen LogP contribution in [0.1, 0.15) is 123 Å². The first kappa shape index (κ1) is 64.2. The lowest BCUT2D eigenvalue weighted by atomic mass is 9.72. The van der Waals surface area contributed by atoms with E-state index in [4.69, 9.17) is 37.9 Å². The number of carbonyl (C=O) groups excluding carboxylic acids is 2. The minimum absolute atomic E-state index is 0.0510. The van der Waals surface area contributed by atoms with Gasteiger partial charge in [0.25, 0.3) is 0 Å². The number of ether oxygens (including phenoxy) is 8. The van der Waals surface area contributed by atoms with Crippen molar-refractivity contribution < 1.29 is 71.3 Å². The number of hydrogen-bond donors (Lipinski definition) is 4. The van der Waals surface area contributed by atoms with Gasteiger partial charge in [0, 0.05) is 89.2 Å². The van der Waals surface area contributed by atoms with Crippen molar-refractivity contribution in [3.63, 3.8) is 0 Å². The van der Waals surface area contributed by atoms with Gasteiger partial charge in [-0.05, 0) is 110 Å². The highest BCUT2D eigenvalue weighted by Gasteiger charge is 2.62. The minimum atomic E-state index is -3.64. The van der Waals surface area contributed by atoms with Crippen molar-refractivity contribution in [2.45, 2.75) is 218 Å². The zero-order chi connectivity index (χ0) is 56.2. The quantitative estimate of drug-likeness (QED) is 0.0808. The highest BCUT2D eigenvalue weighted by molar-refractivity contribution is 7.88. The maximum absolute atomic E-state index is 15.1. The van der Waals surface area contributed by atoms with Crippen molar-refractivity contribution in [2.24, 2.45) is 28.8 Å². The lowest BCUT2D eigenvalue weighted by molar-refractivity contribution is -0.339. The van der Waals surface area contributed by atoms with Crippen LogP contribution < -0.4 is 4.72 Å². The number of fused-ring (bicyclic) bond motifs is 1. The molecule has 0 unspecified atom stereocenters. The van der Waals surface area contributed by atoms with E-state index in [0.717, 1.165) is 12.8 Å². The molecule has 21 nitrogen and oxygen atoms in total. The number of likely N-dealkylation sites (N-methyl/N-ethyl adjacent to an activating group) is 2. The van der Waals surface area contributed by atoms with Crippen LogP contribution in [0.2, 0.25) is 0 Å². The van der Waals surface area contributed by atoms with Gasteiger partial charge in [0.15, 0.2) is 18.2 Å². The Hall–Kier alpha value is -2.32. The van der Waals surface area contributed by atoms with Crippen LogP contribution in [0.5, 0.6) is 0 Å². The molecule has 0 aliphatic carbocycles. The number of carbonyl (C=O) groups is 2. The van der Waals surface area contributed by atoms with Crippen molar-refractivity contribution in [3.05, 3.63) is 0 Å². The van der Waals surface area contributed by atoms with E-state index in [-0.39, 0.29) is 56.8 Å². The van der Waals surface area contributed by atoms with Crippen LogP contribution in [-0.4, -0.2) is 231 Å². The summed E-state index contributed by atoms with van der Waals surface area (Å²) in [6.45, 7) is 28.2. The number of methoxy groups -OCH3 is 2. The summed E-state index contributed by atoms with van der Waals surface area (Å²) in [6, 6.07) is -0.598. The predicted octanol–water partition coefficient (Wildman–Crippen LogP) is 4.14. The zero-order valence-corrected chi connectivity index (χ0v) is 49.3. The summed E-state index contributed by atoms with van der Waals surface area (Å²) >= 11 is 0. The van der Waals surface area contributed by atoms with E-state index in [0.29, 0.717) is 25.0 Å². The number of aliphatic hydroxyl groups excluding tert-OH is 1. The van der Waals surface area contributed by atoms with Gasteiger partial charge in [-0.2, -0.15) is 0 Å². The van der Waals surface area contributed by atoms with Crippen LogP contribution in [0, 0.1) is 23.7 Å². The Morgan fingerprint density at radius 3 is 2.07 bits per heavy atom. The molecular formula is C52H98N6O15S. The summed E-state index contributed by atoms with van der Waals surface area (Å²) in [7, 11) is 5.19. The maximum Gasteiger partial charge on any atom is 0.410 e. The molecule has 0 aromatic carbocycles. The molecule has 0 bridgehead atoms. The van der Waals surface area contributed by atoms with E-state index >= 15 is 4.79 Å². The molecule has 0 aromatic rings. The summed E-state index contributed by atoms with van der Waals surface area (Å²) in [5.74, 6) is -3.92. The number of amides is 1. The SMILES string of the molecule is CC[C@H]1OC(=O)[C@H](C)[C@@H](O[C@H]2C[C@@](C)(OC)[C@@](O)(CN(C)CCN(C(C)C)C(C)C)[C@H](C)O2)[C@H](C)[C@@H](O[C@@H]2O[C@H](C)C[C@H](N(C)C)[C@H]2O)[C@@](C)(OC)C[C@@H](C)/C(=N\O)[C@H](C)[C@H]2N(CCNS(C)(=O)=O)C(=O)O[C@]12C. The molecule has 432 valence electrons. The molecule has 1 amide bonds. The number of rotatable bonds is 19. The highest BCUT2D eigenvalue weighted by Crippen LogP contribution is 2.46. The molecule has 4 saturated heterocycles. The Bertz CT molecular complexity index is 1980. The molecule has 4 aliphatic heterocycles. The number of nitrogens with one attached hydrogen (secondary N) is 1. The maximum atomic E-state index is 15.1. The molecule has 18 atom stereocenters. The summed E-state index contributed by atoms with van der Waals surface area (Å²) in [6.07, 6.45) is -6.49. The Balaban J connectivity index is 1.89. The molecule has 22 heteroatoms. The van der Waals surface area contributed by atoms with E-state index in [1.165, 1.54) is 12.0 Å². The Morgan fingerprint density at radius 1 is 0.919 bits per heavy atom. The van der Waals surface area contributed by atoms with Gasteiger partial charge >= 0.3 is 12.1 Å². The van der Waals surface area contributed by atoms with E-state index in [1.54, 1.807) is 41.7 Å². The second-order valence-electron chi connectivity index (χ2n) is 23.4. The van der Waals surface area contributed by atoms with Gasteiger partial charge in [0.2, 0.25) is 10.0 Å². The molecule has 0 radical (unpaired) electrons. The van der Waals surface area contributed by atoms with Crippen molar-refractivity contribution in [1.29, 1.82) is 0 Å². The van der Waals surface area contributed by atoms with Crippen LogP contribution in [0.4, 0.5) is 4.79 Å². The standard InChI is InChI=1S/C52H98N6O15S/c1-21-39-51(14)44(58(48(61)73-51)23-22-53-74(20,64)65)34(8)41(54-63)32(6)27-49(12,66-18)45(72-47-42(59)38(55(15)16)26-33(7)68-47)35(9)43(36(10)46(60)70-39)71-40-28-50(13,67-19)52(62,37(11)69-40)29-56(17)24-25-57(30(2)3)31(4)5/h30-40,42-45,47,53,59,62-63H,21-29H2,1-20H3/b54-41+/t32-,33-,34+,35+,36-,37+,38+,39-,40+,42-,43+,44-,45-,47+,49+,50-,51-,52-/m1/s1. The number of nitrogens with zero attached hydrogens (tertiary/aromatic N) is 5. The van der Waals surface area contributed by atoms with Crippen molar-refractivity contribution in [2.75, 3.05) is 74.3 Å². The van der Waals surface area contributed by atoms with Gasteiger partial charge in [-0.15, -0.1) is 0 Å². The topological polar surface area (TPSA) is 240 Å². The largest absolute Gasteiger partial charge is 0.458 e. The first-order valence-corrected chi connectivity index (χ1v) is 28.7. The summed E-state index contributed by atoms with van der Waals surface area (Å²) in [4.78, 5) is 37.0. The van der Waals surface area contributed by atoms with Gasteiger partial charge in [0.1, 0.15) is 23.4 Å².